The highest BCUT2D eigenvalue weighted by molar-refractivity contribution is 5.78. The molecule has 19 heavy (non-hydrogen) atoms. The van der Waals surface area contributed by atoms with E-state index in [-0.39, 0.29) is 23.8 Å². The number of nitro groups is 1. The highest BCUT2D eigenvalue weighted by Gasteiger charge is 2.29. The number of nitrogens with two attached hydrogens (primary N) is 1. The van der Waals surface area contributed by atoms with Crippen LogP contribution in [-0.2, 0) is 4.79 Å². The van der Waals surface area contributed by atoms with Gasteiger partial charge in [-0.15, -0.1) is 0 Å². The average molecular weight is 270 g/mol. The number of nitro benzene ring substituents is 1. The van der Waals surface area contributed by atoms with Gasteiger partial charge in [0.15, 0.2) is 11.5 Å². The Kier molecular flexibility index (Phi) is 4.28. The van der Waals surface area contributed by atoms with E-state index in [0.29, 0.717) is 0 Å². The van der Waals surface area contributed by atoms with Crippen molar-refractivity contribution in [2.75, 3.05) is 13.7 Å². The molecule has 0 fully saturated rings. The molecule has 0 aromatic heterocycles. The number of methoxy groups -OCH3 is 1. The molecule has 1 rings (SSSR count). The molecule has 0 amide bonds. The lowest BCUT2D eigenvalue weighted by Crippen LogP contribution is -2.49. The van der Waals surface area contributed by atoms with Crippen LogP contribution in [0.25, 0.3) is 0 Å². The molecular formula is C11H14N2O6. The van der Waals surface area contributed by atoms with Crippen molar-refractivity contribution < 1.29 is 24.3 Å². The van der Waals surface area contributed by atoms with Crippen molar-refractivity contribution in [2.24, 2.45) is 5.73 Å². The number of rotatable bonds is 6. The van der Waals surface area contributed by atoms with Gasteiger partial charge < -0.3 is 20.3 Å². The number of benzene rings is 1. The van der Waals surface area contributed by atoms with Crippen molar-refractivity contribution in [3.63, 3.8) is 0 Å². The van der Waals surface area contributed by atoms with Crippen LogP contribution in [0, 0.1) is 10.1 Å². The number of non-ortho nitro benzene ring substituents is 1. The van der Waals surface area contributed by atoms with Gasteiger partial charge in [-0.3, -0.25) is 14.9 Å². The summed E-state index contributed by atoms with van der Waals surface area (Å²) in [4.78, 5) is 20.8. The maximum Gasteiger partial charge on any atom is 0.326 e. The number of aliphatic carboxylic acids is 1. The zero-order valence-electron chi connectivity index (χ0n) is 10.5. The predicted octanol–water partition coefficient (Wildman–Crippen LogP) is 0.784. The Labute approximate surface area is 108 Å². The Bertz CT molecular complexity index is 500. The van der Waals surface area contributed by atoms with Crippen molar-refractivity contribution in [1.82, 2.24) is 0 Å². The minimum absolute atomic E-state index is 0.135. The molecule has 1 unspecified atom stereocenters. The van der Waals surface area contributed by atoms with Gasteiger partial charge in [-0.05, 0) is 13.0 Å². The summed E-state index contributed by atoms with van der Waals surface area (Å²) in [5.74, 6) is -0.894. The van der Waals surface area contributed by atoms with E-state index >= 15 is 0 Å². The molecule has 8 heteroatoms. The third-order valence-corrected chi connectivity index (χ3v) is 2.37. The molecule has 0 spiro atoms. The number of hydrogen-bond donors (Lipinski definition) is 2. The van der Waals surface area contributed by atoms with Crippen LogP contribution in [0.5, 0.6) is 11.5 Å². The van der Waals surface area contributed by atoms with Gasteiger partial charge in [-0.25, -0.2) is 0 Å². The normalized spacial score (nSPS) is 13.4. The molecule has 1 aromatic rings. The second kappa shape index (κ2) is 5.53. The van der Waals surface area contributed by atoms with E-state index in [9.17, 15) is 14.9 Å². The first-order valence-corrected chi connectivity index (χ1v) is 5.25. The summed E-state index contributed by atoms with van der Waals surface area (Å²) in [5.41, 5.74) is 3.79. The van der Waals surface area contributed by atoms with E-state index in [2.05, 4.69) is 0 Å². The predicted molar refractivity (Wildman–Crippen MR) is 65.4 cm³/mol. The molecule has 1 aromatic carbocycles. The molecular weight excluding hydrogens is 256 g/mol. The summed E-state index contributed by atoms with van der Waals surface area (Å²) in [6, 6.07) is 3.74. The average Bonchev–Trinajstić information content (AvgIpc) is 2.35. The van der Waals surface area contributed by atoms with Gasteiger partial charge in [0.25, 0.3) is 5.69 Å². The fraction of sp³-hybridized carbons (Fsp3) is 0.364. The maximum atomic E-state index is 10.8. The van der Waals surface area contributed by atoms with Crippen LogP contribution in [0.3, 0.4) is 0 Å². The largest absolute Gasteiger partial charge is 0.493 e. The van der Waals surface area contributed by atoms with Crippen LogP contribution in [0.1, 0.15) is 6.92 Å². The van der Waals surface area contributed by atoms with Crippen molar-refractivity contribution in [3.8, 4) is 11.5 Å². The molecule has 0 heterocycles. The number of hydrogen-bond acceptors (Lipinski definition) is 6. The topological polar surface area (TPSA) is 125 Å². The van der Waals surface area contributed by atoms with Crippen LogP contribution in [0.15, 0.2) is 18.2 Å². The molecule has 8 nitrogen and oxygen atoms in total. The molecule has 0 saturated heterocycles. The third kappa shape index (κ3) is 3.55. The lowest BCUT2D eigenvalue weighted by molar-refractivity contribution is -0.385. The Balaban J connectivity index is 2.90. The van der Waals surface area contributed by atoms with Crippen LogP contribution in [-0.4, -0.2) is 35.3 Å². The van der Waals surface area contributed by atoms with Crippen molar-refractivity contribution in [3.05, 3.63) is 28.3 Å². The van der Waals surface area contributed by atoms with Gasteiger partial charge in [-0.2, -0.15) is 0 Å². The van der Waals surface area contributed by atoms with Gasteiger partial charge in [0.05, 0.1) is 18.1 Å². The molecule has 1 atom stereocenters. The Morgan fingerprint density at radius 2 is 2.16 bits per heavy atom. The summed E-state index contributed by atoms with van der Waals surface area (Å²) < 4.78 is 10.2. The highest BCUT2D eigenvalue weighted by atomic mass is 16.6. The summed E-state index contributed by atoms with van der Waals surface area (Å²) in [7, 11) is 1.32. The minimum atomic E-state index is -1.56. The zero-order chi connectivity index (χ0) is 14.6. The van der Waals surface area contributed by atoms with Crippen LogP contribution in [0.2, 0.25) is 0 Å². The second-order valence-electron chi connectivity index (χ2n) is 4.10. The molecule has 0 saturated carbocycles. The Morgan fingerprint density at radius 1 is 1.53 bits per heavy atom. The van der Waals surface area contributed by atoms with Crippen LogP contribution in [0.4, 0.5) is 5.69 Å². The van der Waals surface area contributed by atoms with Gasteiger partial charge in [-0.1, -0.05) is 0 Å². The van der Waals surface area contributed by atoms with Crippen molar-refractivity contribution in [2.45, 2.75) is 12.5 Å². The fourth-order valence-electron chi connectivity index (χ4n) is 1.18. The van der Waals surface area contributed by atoms with E-state index in [0.717, 1.165) is 0 Å². The minimum Gasteiger partial charge on any atom is -0.493 e. The fourth-order valence-corrected chi connectivity index (χ4v) is 1.18. The molecule has 0 aliphatic rings. The maximum absolute atomic E-state index is 10.8. The lowest BCUT2D eigenvalue weighted by Gasteiger charge is -2.20. The summed E-state index contributed by atoms with van der Waals surface area (Å²) in [5, 5.41) is 19.4. The number of carboxylic acids is 1. The monoisotopic (exact) mass is 270 g/mol. The van der Waals surface area contributed by atoms with Crippen molar-refractivity contribution >= 4 is 11.7 Å². The number of carboxylic acid groups (broad SMARTS) is 1. The van der Waals surface area contributed by atoms with E-state index in [1.807, 2.05) is 0 Å². The first-order chi connectivity index (χ1) is 8.77. The molecule has 0 aliphatic carbocycles. The Hall–Kier alpha value is -2.35. The van der Waals surface area contributed by atoms with Crippen molar-refractivity contribution in [1.29, 1.82) is 0 Å². The van der Waals surface area contributed by atoms with Gasteiger partial charge in [0.1, 0.15) is 12.1 Å². The van der Waals surface area contributed by atoms with Crippen LogP contribution >= 0.6 is 0 Å². The first kappa shape index (κ1) is 14.7. The van der Waals surface area contributed by atoms with Crippen LogP contribution < -0.4 is 15.2 Å². The smallest absolute Gasteiger partial charge is 0.326 e. The molecule has 3 N–H and O–H groups in total. The summed E-state index contributed by atoms with van der Waals surface area (Å²) in [6.45, 7) is 1.00. The number of carbonyl (C=O) groups is 1. The van der Waals surface area contributed by atoms with E-state index in [4.69, 9.17) is 20.3 Å². The van der Waals surface area contributed by atoms with Gasteiger partial charge >= 0.3 is 5.97 Å². The second-order valence-corrected chi connectivity index (χ2v) is 4.10. The van der Waals surface area contributed by atoms with E-state index in [1.165, 1.54) is 32.2 Å². The van der Waals surface area contributed by atoms with Gasteiger partial charge in [0, 0.05) is 6.07 Å². The molecule has 104 valence electrons. The number of ether oxygens (including phenoxy) is 2. The first-order valence-electron chi connectivity index (χ1n) is 5.25. The molecule has 0 bridgehead atoms. The standard InChI is InChI=1S/C11H14N2O6/c1-11(12,10(14)15)6-19-8-4-3-7(13(16)17)5-9(8)18-2/h3-5H,6,12H2,1-2H3,(H,14,15). The number of nitrogens with zero attached hydrogens (tertiary/aromatic N) is 1. The zero-order valence-corrected chi connectivity index (χ0v) is 10.5. The molecule has 0 aliphatic heterocycles. The quantitative estimate of drug-likeness (QED) is 0.578. The highest BCUT2D eigenvalue weighted by Crippen LogP contribution is 2.31. The van der Waals surface area contributed by atoms with E-state index < -0.39 is 16.4 Å². The Morgan fingerprint density at radius 3 is 2.63 bits per heavy atom. The summed E-state index contributed by atoms with van der Waals surface area (Å²) >= 11 is 0. The lowest BCUT2D eigenvalue weighted by atomic mass is 10.1. The summed E-state index contributed by atoms with van der Waals surface area (Å²) in [6.07, 6.45) is 0. The SMILES string of the molecule is COc1cc([N+](=O)[O-])ccc1OCC(C)(N)C(=O)O. The molecule has 0 radical (unpaired) electrons. The van der Waals surface area contributed by atoms with Gasteiger partial charge in [0.2, 0.25) is 0 Å². The van der Waals surface area contributed by atoms with E-state index in [1.54, 1.807) is 0 Å². The third-order valence-electron chi connectivity index (χ3n) is 2.37.